The smallest absolute Gasteiger partial charge is 0.347 e. The summed E-state index contributed by atoms with van der Waals surface area (Å²) in [6.07, 6.45) is 6.64. The summed E-state index contributed by atoms with van der Waals surface area (Å²) in [5, 5.41) is 5.91. The Labute approximate surface area is 169 Å². The predicted molar refractivity (Wildman–Crippen MR) is 107 cm³/mol. The number of rotatable bonds is 8. The fourth-order valence-electron chi connectivity index (χ4n) is 3.52. The van der Waals surface area contributed by atoms with Gasteiger partial charge in [-0.3, -0.25) is 14.2 Å². The molecule has 0 saturated heterocycles. The molecule has 2 aromatic rings. The first-order valence-electron chi connectivity index (χ1n) is 9.85. The maximum atomic E-state index is 12.2. The van der Waals surface area contributed by atoms with E-state index in [1.54, 1.807) is 24.4 Å². The summed E-state index contributed by atoms with van der Waals surface area (Å²) >= 11 is 0. The van der Waals surface area contributed by atoms with Gasteiger partial charge in [-0.05, 0) is 43.4 Å². The molecule has 1 aromatic heterocycles. The summed E-state index contributed by atoms with van der Waals surface area (Å²) in [6.45, 7) is 0.504. The highest BCUT2D eigenvalue weighted by atomic mass is 16.5. The van der Waals surface area contributed by atoms with Gasteiger partial charge in [-0.25, -0.2) is 9.78 Å². The van der Waals surface area contributed by atoms with E-state index in [4.69, 9.17) is 4.74 Å². The Bertz CT molecular complexity index is 868. The van der Waals surface area contributed by atoms with Gasteiger partial charge in [-0.1, -0.05) is 24.6 Å². The lowest BCUT2D eigenvalue weighted by molar-refractivity contribution is -0.124. The van der Waals surface area contributed by atoms with Gasteiger partial charge in [0.1, 0.15) is 12.3 Å². The molecule has 3 rings (SSSR count). The quantitative estimate of drug-likeness (QED) is 0.694. The van der Waals surface area contributed by atoms with Crippen molar-refractivity contribution in [1.29, 1.82) is 0 Å². The third-order valence-corrected chi connectivity index (χ3v) is 4.95. The Morgan fingerprint density at radius 3 is 2.76 bits per heavy atom. The highest BCUT2D eigenvalue weighted by Gasteiger charge is 2.23. The molecule has 0 aliphatic heterocycles. The minimum atomic E-state index is -0.440. The molecule has 154 valence electrons. The monoisotopic (exact) mass is 398 g/mol. The number of nitrogens with zero attached hydrogens (tertiary/aromatic N) is 2. The molecule has 0 spiro atoms. The molecule has 1 saturated carbocycles. The zero-order chi connectivity index (χ0) is 20.5. The van der Waals surface area contributed by atoms with Gasteiger partial charge in [-0.2, -0.15) is 0 Å². The normalized spacial score (nSPS) is 18.6. The van der Waals surface area contributed by atoms with E-state index in [0.29, 0.717) is 18.2 Å². The van der Waals surface area contributed by atoms with Crippen LogP contribution in [0.5, 0.6) is 5.75 Å². The number of hydrogen-bond acceptors (Lipinski definition) is 5. The number of amides is 2. The van der Waals surface area contributed by atoms with Gasteiger partial charge in [0.25, 0.3) is 5.91 Å². The molecule has 29 heavy (non-hydrogen) atoms. The van der Waals surface area contributed by atoms with Crippen LogP contribution in [-0.2, 0) is 16.1 Å². The van der Waals surface area contributed by atoms with Crippen LogP contribution in [-0.4, -0.2) is 40.6 Å². The van der Waals surface area contributed by atoms with E-state index in [0.717, 1.165) is 25.7 Å². The molecular formula is C21H26N4O4. The Morgan fingerprint density at radius 2 is 1.97 bits per heavy atom. The van der Waals surface area contributed by atoms with Crippen LogP contribution in [0.25, 0.3) is 0 Å². The van der Waals surface area contributed by atoms with E-state index in [1.807, 2.05) is 18.2 Å². The number of nitrogens with one attached hydrogen (secondary N) is 2. The van der Waals surface area contributed by atoms with Gasteiger partial charge >= 0.3 is 5.69 Å². The van der Waals surface area contributed by atoms with Crippen LogP contribution in [0.15, 0.2) is 53.6 Å². The van der Waals surface area contributed by atoms with Crippen molar-refractivity contribution in [3.63, 3.8) is 0 Å². The van der Waals surface area contributed by atoms with Crippen LogP contribution >= 0.6 is 0 Å². The lowest BCUT2D eigenvalue weighted by Crippen LogP contribution is -2.43. The average Bonchev–Trinajstić information content (AvgIpc) is 2.73. The van der Waals surface area contributed by atoms with Crippen molar-refractivity contribution in [3.05, 3.63) is 59.3 Å². The lowest BCUT2D eigenvalue weighted by Gasteiger charge is -2.30. The molecule has 0 bridgehead atoms. The van der Waals surface area contributed by atoms with Crippen LogP contribution in [0.1, 0.15) is 25.7 Å². The second-order valence-corrected chi connectivity index (χ2v) is 7.23. The van der Waals surface area contributed by atoms with Crippen molar-refractivity contribution in [2.75, 3.05) is 13.2 Å². The van der Waals surface area contributed by atoms with E-state index in [2.05, 4.69) is 15.6 Å². The summed E-state index contributed by atoms with van der Waals surface area (Å²) in [7, 11) is 0. The van der Waals surface area contributed by atoms with Crippen molar-refractivity contribution in [2.24, 2.45) is 5.92 Å². The lowest BCUT2D eigenvalue weighted by atomic mass is 9.85. The molecular weight excluding hydrogens is 372 g/mol. The van der Waals surface area contributed by atoms with Crippen molar-refractivity contribution < 1.29 is 14.3 Å². The third-order valence-electron chi connectivity index (χ3n) is 4.95. The van der Waals surface area contributed by atoms with E-state index in [-0.39, 0.29) is 31.0 Å². The minimum Gasteiger partial charge on any atom is -0.484 e. The number of ether oxygens (including phenoxy) is 1. The highest BCUT2D eigenvalue weighted by molar-refractivity contribution is 5.77. The van der Waals surface area contributed by atoms with Crippen molar-refractivity contribution in [1.82, 2.24) is 20.2 Å². The first-order valence-corrected chi connectivity index (χ1v) is 9.85. The molecule has 2 atom stereocenters. The molecule has 0 unspecified atom stereocenters. The summed E-state index contributed by atoms with van der Waals surface area (Å²) < 4.78 is 6.73. The second kappa shape index (κ2) is 10.4. The number of para-hydroxylation sites is 1. The van der Waals surface area contributed by atoms with Crippen molar-refractivity contribution in [2.45, 2.75) is 38.3 Å². The maximum Gasteiger partial charge on any atom is 0.347 e. The number of benzene rings is 1. The Balaban J connectivity index is 1.38. The zero-order valence-corrected chi connectivity index (χ0v) is 16.3. The Morgan fingerprint density at radius 1 is 1.14 bits per heavy atom. The molecule has 1 aromatic carbocycles. The van der Waals surface area contributed by atoms with Gasteiger partial charge in [0.05, 0.1) is 0 Å². The number of carbonyl (C=O) groups excluding carboxylic acids is 2. The Kier molecular flexibility index (Phi) is 7.38. The summed E-state index contributed by atoms with van der Waals surface area (Å²) in [6, 6.07) is 10.9. The van der Waals surface area contributed by atoms with Gasteiger partial charge < -0.3 is 15.4 Å². The number of carbonyl (C=O) groups is 2. The molecule has 1 aliphatic rings. The third kappa shape index (κ3) is 6.74. The maximum absolute atomic E-state index is 12.2. The largest absolute Gasteiger partial charge is 0.484 e. The summed E-state index contributed by atoms with van der Waals surface area (Å²) in [5.41, 5.74) is -0.440. The standard InChI is InChI=1S/C21H26N4O4/c26-19(14-25-11-5-10-22-21(25)28)24-17-7-4-6-16(12-17)13-23-20(27)15-29-18-8-2-1-3-9-18/h1-3,5,8-11,16-17H,4,6-7,12-15H2,(H,23,27)(H,24,26)/t16-,17+/m1/s1. The first kappa shape index (κ1) is 20.6. The minimum absolute atomic E-state index is 0.0171. The number of aromatic nitrogens is 2. The van der Waals surface area contributed by atoms with Gasteiger partial charge in [0, 0.05) is 25.0 Å². The molecule has 0 radical (unpaired) electrons. The van der Waals surface area contributed by atoms with Gasteiger partial charge in [-0.15, -0.1) is 0 Å². The second-order valence-electron chi connectivity index (χ2n) is 7.23. The number of hydrogen-bond donors (Lipinski definition) is 2. The average molecular weight is 398 g/mol. The van der Waals surface area contributed by atoms with E-state index in [9.17, 15) is 14.4 Å². The molecule has 2 amide bonds. The fraction of sp³-hybridized carbons (Fsp3) is 0.429. The van der Waals surface area contributed by atoms with Crippen LogP contribution in [0.2, 0.25) is 0 Å². The van der Waals surface area contributed by atoms with Crippen molar-refractivity contribution >= 4 is 11.8 Å². The SMILES string of the molecule is O=C(COc1ccccc1)NC[C@@H]1CCC[C@H](NC(=O)Cn2cccnc2=O)C1. The molecule has 1 heterocycles. The van der Waals surface area contributed by atoms with Crippen LogP contribution in [0.4, 0.5) is 0 Å². The highest BCUT2D eigenvalue weighted by Crippen LogP contribution is 2.23. The van der Waals surface area contributed by atoms with Crippen molar-refractivity contribution in [3.8, 4) is 5.75 Å². The molecule has 8 heteroatoms. The van der Waals surface area contributed by atoms with E-state index in [1.165, 1.54) is 10.8 Å². The molecule has 2 N–H and O–H groups in total. The molecule has 1 aliphatic carbocycles. The van der Waals surface area contributed by atoms with Gasteiger partial charge in [0.2, 0.25) is 5.91 Å². The predicted octanol–water partition coefficient (Wildman–Crippen LogP) is 1.11. The summed E-state index contributed by atoms with van der Waals surface area (Å²) in [5.74, 6) is 0.605. The topological polar surface area (TPSA) is 102 Å². The Hall–Kier alpha value is -3.16. The summed E-state index contributed by atoms with van der Waals surface area (Å²) in [4.78, 5) is 39.5. The first-order chi connectivity index (χ1) is 14.1. The molecule has 8 nitrogen and oxygen atoms in total. The van der Waals surface area contributed by atoms with Gasteiger partial charge in [0.15, 0.2) is 6.61 Å². The van der Waals surface area contributed by atoms with E-state index < -0.39 is 5.69 Å². The zero-order valence-electron chi connectivity index (χ0n) is 16.3. The molecule has 1 fully saturated rings. The van der Waals surface area contributed by atoms with Crippen LogP contribution < -0.4 is 21.1 Å². The van der Waals surface area contributed by atoms with Crippen LogP contribution in [0.3, 0.4) is 0 Å². The fourth-order valence-corrected chi connectivity index (χ4v) is 3.52. The van der Waals surface area contributed by atoms with E-state index >= 15 is 0 Å². The van der Waals surface area contributed by atoms with Crippen LogP contribution in [0, 0.1) is 5.92 Å².